The van der Waals surface area contributed by atoms with Crippen LogP contribution in [-0.4, -0.2) is 0 Å². The molecule has 0 saturated carbocycles. The van der Waals surface area contributed by atoms with Gasteiger partial charge in [0.25, 0.3) is 0 Å². The summed E-state index contributed by atoms with van der Waals surface area (Å²) >= 11 is 0. The Bertz CT molecular complexity index is 576. The maximum atomic E-state index is 2.34. The van der Waals surface area contributed by atoms with Gasteiger partial charge in [-0.15, -0.1) is 0 Å². The fraction of sp³-hybridized carbons (Fsp3) is 0.677. The molecule has 190 valence electrons. The van der Waals surface area contributed by atoms with Crippen LogP contribution >= 0.6 is 0 Å². The van der Waals surface area contributed by atoms with Crippen molar-refractivity contribution >= 4 is 0 Å². The Morgan fingerprint density at radius 1 is 0.500 bits per heavy atom. The van der Waals surface area contributed by atoms with Crippen molar-refractivity contribution < 1.29 is 17.1 Å². The van der Waals surface area contributed by atoms with Crippen LogP contribution in [0, 0.1) is 0 Å². The van der Waals surface area contributed by atoms with Gasteiger partial charge in [0, 0.05) is 17.1 Å². The van der Waals surface area contributed by atoms with Gasteiger partial charge >= 0.3 is 0 Å². The predicted octanol–water partition coefficient (Wildman–Crippen LogP) is 9.48. The Balaban J connectivity index is 0.000000679. The van der Waals surface area contributed by atoms with Crippen molar-refractivity contribution in [1.82, 2.24) is 0 Å². The fourth-order valence-electron chi connectivity index (χ4n) is 5.11. The smallest absolute Gasteiger partial charge is 0 e. The molecule has 0 bridgehead atoms. The second kappa shape index (κ2) is 18.6. The molecule has 0 aliphatic heterocycles. The third-order valence-corrected chi connectivity index (χ3v) is 6.28. The topological polar surface area (TPSA) is 0 Å². The molecule has 0 saturated heterocycles. The van der Waals surface area contributed by atoms with Crippen molar-refractivity contribution in [3.8, 4) is 0 Å². The van der Waals surface area contributed by atoms with Gasteiger partial charge in [-0.1, -0.05) is 106 Å². The zero-order valence-corrected chi connectivity index (χ0v) is 23.6. The van der Waals surface area contributed by atoms with Gasteiger partial charge in [0.15, 0.2) is 0 Å². The Kier molecular flexibility index (Phi) is 18.2. The van der Waals surface area contributed by atoms with Gasteiger partial charge in [-0.3, -0.25) is 0 Å². The van der Waals surface area contributed by atoms with E-state index in [1.807, 2.05) is 0 Å². The van der Waals surface area contributed by atoms with Crippen LogP contribution < -0.4 is 0 Å². The summed E-state index contributed by atoms with van der Waals surface area (Å²) in [6, 6.07) is 6.86. The van der Waals surface area contributed by atoms with Gasteiger partial charge in [-0.25, -0.2) is 38.2 Å². The molecule has 0 unspecified atom stereocenters. The van der Waals surface area contributed by atoms with Crippen molar-refractivity contribution in [3.63, 3.8) is 0 Å². The Hall–Kier alpha value is -0.781. The molecule has 0 amide bonds. The Labute approximate surface area is 212 Å². The zero-order chi connectivity index (χ0) is 23.1. The van der Waals surface area contributed by atoms with Gasteiger partial charge in [-0.05, 0) is 0 Å². The first kappa shape index (κ1) is 31.2. The maximum absolute atomic E-state index is 2.34. The summed E-state index contributed by atoms with van der Waals surface area (Å²) in [6.45, 7) is 16.1. The van der Waals surface area contributed by atoms with Gasteiger partial charge in [0.05, 0.1) is 0 Å². The van der Waals surface area contributed by atoms with Crippen LogP contribution in [0.1, 0.15) is 132 Å². The molecule has 0 nitrogen and oxygen atoms in total. The molecule has 2 rings (SSSR count). The molecule has 0 aliphatic carbocycles. The van der Waals surface area contributed by atoms with E-state index in [1.54, 1.807) is 27.8 Å². The summed E-state index contributed by atoms with van der Waals surface area (Å²) in [7, 11) is 0. The average Bonchev–Trinajstić information content (AvgIpc) is 3.30. The zero-order valence-electron chi connectivity index (χ0n) is 22.5. The first-order valence-corrected chi connectivity index (χ1v) is 13.7. The fourth-order valence-corrected chi connectivity index (χ4v) is 5.11. The van der Waals surface area contributed by atoms with Crippen LogP contribution in [0.2, 0.25) is 0 Å². The van der Waals surface area contributed by atoms with Gasteiger partial charge < -0.3 is 27.8 Å². The summed E-state index contributed by atoms with van der Waals surface area (Å²) < 4.78 is 0. The third-order valence-electron chi connectivity index (χ3n) is 6.28. The Morgan fingerprint density at radius 2 is 0.844 bits per heavy atom. The van der Waals surface area contributed by atoms with E-state index < -0.39 is 0 Å². The number of hydrogen-bond acceptors (Lipinski definition) is 0. The molecule has 1 heteroatoms. The van der Waals surface area contributed by atoms with Gasteiger partial charge in [0.1, 0.15) is 0 Å². The van der Waals surface area contributed by atoms with E-state index in [0.717, 1.165) is 0 Å². The SMILES string of the molecule is CCC[c-]1[c-](CCC)[c-](CCC)[c-](CCC)[c-]1CCC.CCCc1cc[c-](CCC)c1.[Fe]. The quantitative estimate of drug-likeness (QED) is 0.187. The molecule has 0 N–H and O–H groups in total. The van der Waals surface area contributed by atoms with Crippen LogP contribution in [0.25, 0.3) is 0 Å². The molecule has 0 aromatic heterocycles. The monoisotopic (exact) mass is 480 g/mol. The number of aryl methyl sites for hydroxylation is 2. The molecule has 0 atom stereocenters. The van der Waals surface area contributed by atoms with Gasteiger partial charge in [0.2, 0.25) is 0 Å². The summed E-state index contributed by atoms with van der Waals surface area (Å²) in [4.78, 5) is 0. The second-order valence-electron chi connectivity index (χ2n) is 9.27. The van der Waals surface area contributed by atoms with E-state index in [1.165, 1.54) is 101 Å². The van der Waals surface area contributed by atoms with E-state index >= 15 is 0 Å². The molecule has 0 radical (unpaired) electrons. The summed E-state index contributed by atoms with van der Waals surface area (Å²) in [5, 5.41) is 0. The molecule has 0 heterocycles. The minimum absolute atomic E-state index is 0. The molecular weight excluding hydrogens is 428 g/mol. The first-order valence-electron chi connectivity index (χ1n) is 13.7. The summed E-state index contributed by atoms with van der Waals surface area (Å²) in [5.41, 5.74) is 11.8. The van der Waals surface area contributed by atoms with Crippen LogP contribution in [-0.2, 0) is 62.0 Å². The molecule has 0 spiro atoms. The average molecular weight is 481 g/mol. The Morgan fingerprint density at radius 3 is 1.12 bits per heavy atom. The molecule has 0 fully saturated rings. The predicted molar refractivity (Wildman–Crippen MR) is 142 cm³/mol. The minimum Gasteiger partial charge on any atom is -0.727 e. The van der Waals surface area contributed by atoms with Crippen molar-refractivity contribution in [2.75, 3.05) is 0 Å². The first-order chi connectivity index (χ1) is 15.1. The van der Waals surface area contributed by atoms with E-state index in [-0.39, 0.29) is 17.1 Å². The van der Waals surface area contributed by atoms with Crippen molar-refractivity contribution in [2.24, 2.45) is 0 Å². The second-order valence-corrected chi connectivity index (χ2v) is 9.27. The van der Waals surface area contributed by atoms with Crippen molar-refractivity contribution in [1.29, 1.82) is 0 Å². The number of rotatable bonds is 14. The summed E-state index contributed by atoms with van der Waals surface area (Å²) in [5.74, 6) is 0. The largest absolute Gasteiger partial charge is 0.727 e. The molecule has 32 heavy (non-hydrogen) atoms. The van der Waals surface area contributed by atoms with E-state index in [2.05, 4.69) is 66.7 Å². The van der Waals surface area contributed by atoms with Crippen LogP contribution in [0.5, 0.6) is 0 Å². The van der Waals surface area contributed by atoms with E-state index in [9.17, 15) is 0 Å². The normalized spacial score (nSPS) is 10.6. The van der Waals surface area contributed by atoms with Crippen LogP contribution in [0.3, 0.4) is 0 Å². The maximum Gasteiger partial charge on any atom is 0 e. The van der Waals surface area contributed by atoms with Gasteiger partial charge in [-0.2, -0.15) is 23.3 Å². The molecule has 2 aromatic rings. The van der Waals surface area contributed by atoms with Crippen molar-refractivity contribution in [3.05, 3.63) is 57.1 Å². The standard InChI is InChI=1S/C20H35.C11H17.Fe/c1-6-11-16-17(12-7-2)19(14-9-4)20(15-10-5)18(16)13-8-3;1-3-5-10-7-8-11(9-10)6-4-2;/h6-15H2,1-5H3;7-9H,3-6H2,1-2H3;/q-5;-1;. The summed E-state index contributed by atoms with van der Waals surface area (Å²) in [6.07, 6.45) is 17.9. The van der Waals surface area contributed by atoms with Crippen LogP contribution in [0.4, 0.5) is 0 Å². The van der Waals surface area contributed by atoms with E-state index in [0.29, 0.717) is 0 Å². The van der Waals surface area contributed by atoms with Crippen LogP contribution in [0.15, 0.2) is 18.2 Å². The van der Waals surface area contributed by atoms with Crippen molar-refractivity contribution in [2.45, 2.75) is 138 Å². The molecular formula is C31H52Fe-6. The minimum atomic E-state index is 0. The number of hydrogen-bond donors (Lipinski definition) is 0. The van der Waals surface area contributed by atoms with E-state index in [4.69, 9.17) is 0 Å². The molecule has 0 aliphatic rings. The molecule has 2 aromatic carbocycles. The third kappa shape index (κ3) is 9.60.